The Morgan fingerprint density at radius 2 is 1.85 bits per heavy atom. The maximum atomic E-state index is 12.1. The number of hydrogen-bond donors (Lipinski definition) is 1. The van der Waals surface area contributed by atoms with Crippen LogP contribution in [0.1, 0.15) is 47.0 Å². The summed E-state index contributed by atoms with van der Waals surface area (Å²) < 4.78 is 5.03. The first-order valence-corrected chi connectivity index (χ1v) is 7.53. The third kappa shape index (κ3) is 5.90. The Balaban J connectivity index is 2.27. The average Bonchev–Trinajstić information content (AvgIpc) is 2.37. The molecule has 1 rings (SSSR count). The van der Waals surface area contributed by atoms with E-state index >= 15 is 0 Å². The molecule has 1 heterocycles. The molecule has 1 amide bonds. The molecule has 1 aliphatic rings. The smallest absolute Gasteiger partial charge is 0.309 e. The van der Waals surface area contributed by atoms with Crippen LogP contribution in [0.3, 0.4) is 0 Å². The summed E-state index contributed by atoms with van der Waals surface area (Å²) in [5.74, 6) is 0.0183. The van der Waals surface area contributed by atoms with Gasteiger partial charge < -0.3 is 15.0 Å². The molecule has 0 aromatic rings. The van der Waals surface area contributed by atoms with Crippen LogP contribution in [0.15, 0.2) is 0 Å². The SMILES string of the molecule is CCOC(=O)C1CCN(C(=O)CCNC(C)(C)C)CC1. The normalized spacial score (nSPS) is 17.1. The highest BCUT2D eigenvalue weighted by atomic mass is 16.5. The number of amides is 1. The average molecular weight is 284 g/mol. The van der Waals surface area contributed by atoms with E-state index in [1.54, 1.807) is 0 Å². The number of rotatable bonds is 5. The molecule has 0 atom stereocenters. The highest BCUT2D eigenvalue weighted by Gasteiger charge is 2.27. The van der Waals surface area contributed by atoms with Crippen LogP contribution in [0, 0.1) is 5.92 Å². The molecule has 116 valence electrons. The highest BCUT2D eigenvalue weighted by molar-refractivity contribution is 5.77. The number of hydrogen-bond acceptors (Lipinski definition) is 4. The molecule has 5 nitrogen and oxygen atoms in total. The maximum Gasteiger partial charge on any atom is 0.309 e. The Labute approximate surface area is 122 Å². The lowest BCUT2D eigenvalue weighted by Gasteiger charge is -2.31. The fourth-order valence-electron chi connectivity index (χ4n) is 2.33. The van der Waals surface area contributed by atoms with Crippen LogP contribution in [0.25, 0.3) is 0 Å². The zero-order valence-electron chi connectivity index (χ0n) is 13.2. The van der Waals surface area contributed by atoms with Gasteiger partial charge in [0.1, 0.15) is 0 Å². The van der Waals surface area contributed by atoms with Gasteiger partial charge in [-0.15, -0.1) is 0 Å². The lowest BCUT2D eigenvalue weighted by atomic mass is 9.97. The number of likely N-dealkylation sites (tertiary alicyclic amines) is 1. The van der Waals surface area contributed by atoms with Gasteiger partial charge in [-0.3, -0.25) is 9.59 Å². The first kappa shape index (κ1) is 17.0. The topological polar surface area (TPSA) is 58.6 Å². The minimum Gasteiger partial charge on any atom is -0.466 e. The first-order valence-electron chi connectivity index (χ1n) is 7.53. The molecular weight excluding hydrogens is 256 g/mol. The zero-order valence-corrected chi connectivity index (χ0v) is 13.2. The number of piperidine rings is 1. The second-order valence-corrected chi connectivity index (χ2v) is 6.33. The van der Waals surface area contributed by atoms with Crippen LogP contribution in [-0.4, -0.2) is 48.6 Å². The van der Waals surface area contributed by atoms with Crippen molar-refractivity contribution in [2.75, 3.05) is 26.2 Å². The molecule has 0 saturated carbocycles. The maximum absolute atomic E-state index is 12.1. The van der Waals surface area contributed by atoms with Crippen molar-refractivity contribution in [2.24, 2.45) is 5.92 Å². The predicted molar refractivity (Wildman–Crippen MR) is 78.3 cm³/mol. The van der Waals surface area contributed by atoms with Crippen LogP contribution in [0.5, 0.6) is 0 Å². The molecule has 0 unspecified atom stereocenters. The monoisotopic (exact) mass is 284 g/mol. The van der Waals surface area contributed by atoms with Crippen molar-refractivity contribution < 1.29 is 14.3 Å². The third-order valence-corrected chi connectivity index (χ3v) is 3.46. The Morgan fingerprint density at radius 3 is 2.35 bits per heavy atom. The summed E-state index contributed by atoms with van der Waals surface area (Å²) >= 11 is 0. The van der Waals surface area contributed by atoms with Crippen molar-refractivity contribution in [2.45, 2.75) is 52.5 Å². The van der Waals surface area contributed by atoms with E-state index in [2.05, 4.69) is 26.1 Å². The van der Waals surface area contributed by atoms with Gasteiger partial charge in [0.25, 0.3) is 0 Å². The van der Waals surface area contributed by atoms with E-state index in [1.807, 2.05) is 11.8 Å². The van der Waals surface area contributed by atoms with Crippen LogP contribution in [0.4, 0.5) is 0 Å². The van der Waals surface area contributed by atoms with E-state index < -0.39 is 0 Å². The molecule has 0 spiro atoms. The van der Waals surface area contributed by atoms with Crippen molar-refractivity contribution in [3.05, 3.63) is 0 Å². The summed E-state index contributed by atoms with van der Waals surface area (Å²) in [4.78, 5) is 25.5. The van der Waals surface area contributed by atoms with E-state index in [9.17, 15) is 9.59 Å². The van der Waals surface area contributed by atoms with Crippen molar-refractivity contribution >= 4 is 11.9 Å². The molecule has 0 aromatic carbocycles. The summed E-state index contributed by atoms with van der Waals surface area (Å²) in [6, 6.07) is 0. The molecule has 0 aliphatic carbocycles. The van der Waals surface area contributed by atoms with Gasteiger partial charge in [-0.2, -0.15) is 0 Å². The largest absolute Gasteiger partial charge is 0.466 e. The number of nitrogens with one attached hydrogen (secondary N) is 1. The molecule has 1 N–H and O–H groups in total. The van der Waals surface area contributed by atoms with Crippen LogP contribution < -0.4 is 5.32 Å². The van der Waals surface area contributed by atoms with Gasteiger partial charge >= 0.3 is 5.97 Å². The molecule has 0 aromatic heterocycles. The Morgan fingerprint density at radius 1 is 1.25 bits per heavy atom. The van der Waals surface area contributed by atoms with E-state index in [1.165, 1.54) is 0 Å². The first-order chi connectivity index (χ1) is 9.33. The van der Waals surface area contributed by atoms with E-state index in [0.717, 1.165) is 12.8 Å². The van der Waals surface area contributed by atoms with Crippen molar-refractivity contribution in [3.8, 4) is 0 Å². The summed E-state index contributed by atoms with van der Waals surface area (Å²) in [5, 5.41) is 3.31. The second-order valence-electron chi connectivity index (χ2n) is 6.33. The molecule has 1 aliphatic heterocycles. The fraction of sp³-hybridized carbons (Fsp3) is 0.867. The minimum absolute atomic E-state index is 0.0355. The molecule has 5 heteroatoms. The van der Waals surface area contributed by atoms with Gasteiger partial charge in [-0.1, -0.05) is 0 Å². The van der Waals surface area contributed by atoms with Crippen LogP contribution in [0.2, 0.25) is 0 Å². The Bertz CT molecular complexity index is 329. The van der Waals surface area contributed by atoms with Gasteiger partial charge in [0.15, 0.2) is 0 Å². The van der Waals surface area contributed by atoms with Gasteiger partial charge in [-0.25, -0.2) is 0 Å². The number of carbonyl (C=O) groups excluding carboxylic acids is 2. The van der Waals surface area contributed by atoms with Crippen molar-refractivity contribution in [1.29, 1.82) is 0 Å². The molecule has 1 fully saturated rings. The van der Waals surface area contributed by atoms with Crippen LogP contribution in [-0.2, 0) is 14.3 Å². The molecular formula is C15H28N2O3. The van der Waals surface area contributed by atoms with Gasteiger partial charge in [0, 0.05) is 31.6 Å². The standard InChI is InChI=1S/C15H28N2O3/c1-5-20-14(19)12-7-10-17(11-8-12)13(18)6-9-16-15(2,3)4/h12,16H,5-11H2,1-4H3. The molecule has 1 saturated heterocycles. The number of esters is 1. The van der Waals surface area contributed by atoms with Crippen molar-refractivity contribution in [3.63, 3.8) is 0 Å². The number of nitrogens with zero attached hydrogens (tertiary/aromatic N) is 1. The number of carbonyl (C=O) groups is 2. The summed E-state index contributed by atoms with van der Waals surface area (Å²) in [7, 11) is 0. The summed E-state index contributed by atoms with van der Waals surface area (Å²) in [6.45, 7) is 10.5. The van der Waals surface area contributed by atoms with Gasteiger partial charge in [-0.05, 0) is 40.5 Å². The van der Waals surface area contributed by atoms with Gasteiger partial charge in [0.05, 0.1) is 12.5 Å². The quantitative estimate of drug-likeness (QED) is 0.779. The minimum atomic E-state index is -0.117. The second kappa shape index (κ2) is 7.62. The lowest BCUT2D eigenvalue weighted by molar-refractivity contribution is -0.151. The van der Waals surface area contributed by atoms with E-state index in [0.29, 0.717) is 32.7 Å². The summed E-state index contributed by atoms with van der Waals surface area (Å²) in [5.41, 5.74) is 0.0389. The van der Waals surface area contributed by atoms with Crippen molar-refractivity contribution in [1.82, 2.24) is 10.2 Å². The van der Waals surface area contributed by atoms with E-state index in [-0.39, 0.29) is 23.3 Å². The number of ether oxygens (including phenoxy) is 1. The predicted octanol–water partition coefficient (Wildman–Crippen LogP) is 1.57. The molecule has 20 heavy (non-hydrogen) atoms. The molecule has 0 bridgehead atoms. The third-order valence-electron chi connectivity index (χ3n) is 3.46. The van der Waals surface area contributed by atoms with Crippen LogP contribution >= 0.6 is 0 Å². The molecule has 0 radical (unpaired) electrons. The Kier molecular flexibility index (Phi) is 6.46. The fourth-order valence-corrected chi connectivity index (χ4v) is 2.33. The lowest BCUT2D eigenvalue weighted by Crippen LogP contribution is -2.43. The Hall–Kier alpha value is -1.10. The zero-order chi connectivity index (χ0) is 15.2. The van der Waals surface area contributed by atoms with E-state index in [4.69, 9.17) is 4.74 Å². The summed E-state index contributed by atoms with van der Waals surface area (Å²) in [6.07, 6.45) is 1.95. The van der Waals surface area contributed by atoms with Gasteiger partial charge in [0.2, 0.25) is 5.91 Å². The highest BCUT2D eigenvalue weighted by Crippen LogP contribution is 2.19.